The van der Waals surface area contributed by atoms with Crippen LogP contribution in [-0.4, -0.2) is 74.7 Å². The van der Waals surface area contributed by atoms with Gasteiger partial charge in [-0.25, -0.2) is 8.42 Å². The van der Waals surface area contributed by atoms with Gasteiger partial charge in [0.05, 0.1) is 16.3 Å². The van der Waals surface area contributed by atoms with Gasteiger partial charge in [-0.1, -0.05) is 13.8 Å². The minimum absolute atomic E-state index is 0.0368. The van der Waals surface area contributed by atoms with Crippen LogP contribution < -0.4 is 9.80 Å². The van der Waals surface area contributed by atoms with Gasteiger partial charge in [0.1, 0.15) is 12.6 Å². The second-order valence-corrected chi connectivity index (χ2v) is 10.7. The van der Waals surface area contributed by atoms with E-state index in [1.807, 2.05) is 24.8 Å². The molecule has 0 bridgehead atoms. The molecule has 4 rings (SSSR count). The molecule has 3 aliphatic rings. The van der Waals surface area contributed by atoms with Crippen molar-refractivity contribution < 1.29 is 18.0 Å². The number of rotatable bonds is 6. The van der Waals surface area contributed by atoms with Crippen LogP contribution in [0, 0.1) is 0 Å². The molecule has 3 heterocycles. The fourth-order valence-corrected chi connectivity index (χ4v) is 6.63. The maximum atomic E-state index is 13.5. The van der Waals surface area contributed by atoms with Crippen molar-refractivity contribution in [3.05, 3.63) is 18.2 Å². The van der Waals surface area contributed by atoms with Crippen molar-refractivity contribution in [2.24, 2.45) is 0 Å². The summed E-state index contributed by atoms with van der Waals surface area (Å²) in [5, 5.41) is 0. The van der Waals surface area contributed by atoms with Crippen molar-refractivity contribution >= 4 is 33.2 Å². The summed E-state index contributed by atoms with van der Waals surface area (Å²) in [6.07, 6.45) is 5.82. The van der Waals surface area contributed by atoms with Crippen molar-refractivity contribution in [1.82, 2.24) is 9.21 Å². The largest absolute Gasteiger partial charge is 0.358 e. The molecule has 1 aromatic carbocycles. The summed E-state index contributed by atoms with van der Waals surface area (Å²) in [7, 11) is -3.67. The first-order valence-corrected chi connectivity index (χ1v) is 13.3. The summed E-state index contributed by atoms with van der Waals surface area (Å²) in [6, 6.07) is 4.76. The van der Waals surface area contributed by atoms with Gasteiger partial charge in [-0.15, -0.1) is 0 Å². The number of hydrogen-bond acceptors (Lipinski definition) is 5. The molecular weight excluding hydrogens is 428 g/mol. The topological polar surface area (TPSA) is 81.2 Å². The van der Waals surface area contributed by atoms with Crippen LogP contribution in [0.4, 0.5) is 11.4 Å². The Morgan fingerprint density at radius 3 is 2.38 bits per heavy atom. The molecule has 1 aromatic rings. The third-order valence-electron chi connectivity index (χ3n) is 6.95. The molecule has 8 nitrogen and oxygen atoms in total. The number of carbonyl (C=O) groups is 2. The van der Waals surface area contributed by atoms with Crippen LogP contribution in [0.5, 0.6) is 0 Å². The summed E-state index contributed by atoms with van der Waals surface area (Å²) in [6.45, 7) is 6.54. The number of fused-ring (bicyclic) bond motifs is 3. The average Bonchev–Trinajstić information content (AvgIpc) is 2.82. The molecule has 0 spiro atoms. The number of carbonyl (C=O) groups excluding carboxylic acids is 2. The van der Waals surface area contributed by atoms with Crippen molar-refractivity contribution in [2.75, 3.05) is 49.1 Å². The average molecular weight is 463 g/mol. The van der Waals surface area contributed by atoms with E-state index < -0.39 is 10.0 Å². The van der Waals surface area contributed by atoms with Crippen LogP contribution in [0.1, 0.15) is 52.4 Å². The van der Waals surface area contributed by atoms with Crippen LogP contribution in [0.15, 0.2) is 23.1 Å². The summed E-state index contributed by atoms with van der Waals surface area (Å²) in [5.41, 5.74) is 1.38. The molecule has 0 saturated carbocycles. The van der Waals surface area contributed by atoms with E-state index >= 15 is 0 Å². The fraction of sp³-hybridized carbons (Fsp3) is 0.652. The zero-order valence-electron chi connectivity index (χ0n) is 19.1. The van der Waals surface area contributed by atoms with Crippen LogP contribution in [0.25, 0.3) is 0 Å². The quantitative estimate of drug-likeness (QED) is 0.649. The van der Waals surface area contributed by atoms with Gasteiger partial charge < -0.3 is 9.80 Å². The van der Waals surface area contributed by atoms with Gasteiger partial charge in [-0.05, 0) is 56.7 Å². The lowest BCUT2D eigenvalue weighted by atomic mass is 9.96. The van der Waals surface area contributed by atoms with E-state index in [-0.39, 0.29) is 29.3 Å². The van der Waals surface area contributed by atoms with E-state index in [0.29, 0.717) is 18.8 Å². The summed E-state index contributed by atoms with van der Waals surface area (Å²) in [4.78, 5) is 32.2. The smallest absolute Gasteiger partial charge is 0.250 e. The minimum Gasteiger partial charge on any atom is -0.358 e. The Labute approximate surface area is 191 Å². The van der Waals surface area contributed by atoms with Gasteiger partial charge in [-0.2, -0.15) is 4.31 Å². The number of amides is 2. The lowest BCUT2D eigenvalue weighted by molar-refractivity contribution is -0.132. The molecule has 1 unspecified atom stereocenters. The summed E-state index contributed by atoms with van der Waals surface area (Å²) >= 11 is 0. The van der Waals surface area contributed by atoms with Gasteiger partial charge in [0.25, 0.3) is 0 Å². The molecule has 1 atom stereocenters. The van der Waals surface area contributed by atoms with Crippen LogP contribution in [-0.2, 0) is 19.6 Å². The van der Waals surface area contributed by atoms with E-state index in [0.717, 1.165) is 63.8 Å². The highest BCUT2D eigenvalue weighted by Gasteiger charge is 2.41. The molecule has 176 valence electrons. The minimum atomic E-state index is -3.67. The highest BCUT2D eigenvalue weighted by molar-refractivity contribution is 7.89. The number of anilines is 2. The van der Waals surface area contributed by atoms with Crippen molar-refractivity contribution in [1.29, 1.82) is 0 Å². The third-order valence-corrected chi connectivity index (χ3v) is 8.99. The Morgan fingerprint density at radius 1 is 1.00 bits per heavy atom. The number of sulfonamides is 1. The van der Waals surface area contributed by atoms with Gasteiger partial charge in [-0.3, -0.25) is 14.5 Å². The SMILES string of the molecule is CCN(CC)S(=O)(=O)c1ccc2c(c1)N(CC(=O)N1CCCCC1)C(=O)C1CCCCN21. The van der Waals surface area contributed by atoms with Gasteiger partial charge in [0.15, 0.2) is 0 Å². The predicted octanol–water partition coefficient (Wildman–Crippen LogP) is 2.44. The van der Waals surface area contributed by atoms with E-state index in [9.17, 15) is 18.0 Å². The van der Waals surface area contributed by atoms with Crippen molar-refractivity contribution in [3.8, 4) is 0 Å². The monoisotopic (exact) mass is 462 g/mol. The zero-order chi connectivity index (χ0) is 22.9. The normalized spacial score (nSPS) is 21.5. The second kappa shape index (κ2) is 9.39. The lowest BCUT2D eigenvalue weighted by Crippen LogP contribution is -2.57. The number of hydrogen-bond donors (Lipinski definition) is 0. The molecular formula is C23H34N4O4S. The molecule has 0 aliphatic carbocycles. The van der Waals surface area contributed by atoms with Gasteiger partial charge >= 0.3 is 0 Å². The molecule has 2 amide bonds. The summed E-state index contributed by atoms with van der Waals surface area (Å²) < 4.78 is 27.7. The van der Waals surface area contributed by atoms with Crippen LogP contribution in [0.2, 0.25) is 0 Å². The maximum absolute atomic E-state index is 13.5. The molecule has 2 fully saturated rings. The molecule has 0 radical (unpaired) electrons. The highest BCUT2D eigenvalue weighted by atomic mass is 32.2. The first-order valence-electron chi connectivity index (χ1n) is 11.9. The molecule has 32 heavy (non-hydrogen) atoms. The molecule has 0 aromatic heterocycles. The highest BCUT2D eigenvalue weighted by Crippen LogP contribution is 2.41. The molecule has 3 aliphatic heterocycles. The van der Waals surface area contributed by atoms with Crippen LogP contribution >= 0.6 is 0 Å². The van der Waals surface area contributed by atoms with E-state index in [2.05, 4.69) is 4.90 Å². The first-order chi connectivity index (χ1) is 15.4. The number of nitrogens with zero attached hydrogens (tertiary/aromatic N) is 4. The molecule has 0 N–H and O–H groups in total. The Kier molecular flexibility index (Phi) is 6.76. The number of benzene rings is 1. The van der Waals surface area contributed by atoms with E-state index in [1.54, 1.807) is 17.0 Å². The Hall–Kier alpha value is -2.13. The van der Waals surface area contributed by atoms with Crippen LogP contribution in [0.3, 0.4) is 0 Å². The lowest BCUT2D eigenvalue weighted by Gasteiger charge is -2.45. The number of piperidine rings is 2. The van der Waals surface area contributed by atoms with Gasteiger partial charge in [0.2, 0.25) is 21.8 Å². The van der Waals surface area contributed by atoms with Crippen molar-refractivity contribution in [2.45, 2.75) is 63.3 Å². The second-order valence-electron chi connectivity index (χ2n) is 8.81. The predicted molar refractivity (Wildman–Crippen MR) is 124 cm³/mol. The van der Waals surface area contributed by atoms with E-state index in [1.165, 1.54) is 4.31 Å². The van der Waals surface area contributed by atoms with E-state index in [4.69, 9.17) is 0 Å². The standard InChI is InChI=1S/C23H34N4O4S/c1-3-25(4-2)32(30,31)18-11-12-19-21(16-18)27(17-22(28)24-13-7-5-8-14-24)23(29)20-10-6-9-15-26(19)20/h11-12,16,20H,3-10,13-15,17H2,1-2H3. The Bertz CT molecular complexity index is 970. The third kappa shape index (κ3) is 4.12. The number of likely N-dealkylation sites (tertiary alicyclic amines) is 1. The Balaban J connectivity index is 1.73. The van der Waals surface area contributed by atoms with Crippen molar-refractivity contribution in [3.63, 3.8) is 0 Å². The van der Waals surface area contributed by atoms with Gasteiger partial charge in [0, 0.05) is 32.7 Å². The molecule has 2 saturated heterocycles. The Morgan fingerprint density at radius 2 is 1.69 bits per heavy atom. The summed E-state index contributed by atoms with van der Waals surface area (Å²) in [5.74, 6) is -0.162. The fourth-order valence-electron chi connectivity index (χ4n) is 5.15. The molecule has 9 heteroatoms. The maximum Gasteiger partial charge on any atom is 0.250 e. The zero-order valence-corrected chi connectivity index (χ0v) is 19.9. The first kappa shape index (κ1) is 23.0.